The minimum atomic E-state index is 0.515. The molecule has 1 aliphatic heterocycles. The Balaban J connectivity index is 1.35. The summed E-state index contributed by atoms with van der Waals surface area (Å²) in [5, 5.41) is 3.41. The van der Waals surface area contributed by atoms with E-state index in [-0.39, 0.29) is 0 Å². The molecule has 0 spiro atoms. The molecule has 2 heterocycles. The topological polar surface area (TPSA) is 82.7 Å². The third-order valence-electron chi connectivity index (χ3n) is 5.11. The number of hydrogen-bond acceptors (Lipinski definition) is 5. The highest BCUT2D eigenvalue weighted by atomic mass is 15.3. The van der Waals surface area contributed by atoms with Gasteiger partial charge in [-0.05, 0) is 18.9 Å². The van der Waals surface area contributed by atoms with Crippen LogP contribution in [0.25, 0.3) is 0 Å². The number of aromatic nitrogens is 2. The van der Waals surface area contributed by atoms with Crippen LogP contribution in [0.2, 0.25) is 0 Å². The lowest BCUT2D eigenvalue weighted by Crippen LogP contribution is -2.48. The maximum absolute atomic E-state index is 6.06. The fourth-order valence-corrected chi connectivity index (χ4v) is 3.62. The first-order chi connectivity index (χ1) is 12.3. The van der Waals surface area contributed by atoms with Gasteiger partial charge in [-0.25, -0.2) is 9.97 Å². The number of hydrogen-bond donors (Lipinski definition) is 2. The van der Waals surface area contributed by atoms with Crippen LogP contribution >= 0.6 is 0 Å². The molecular weight excluding hydrogens is 314 g/mol. The van der Waals surface area contributed by atoms with E-state index in [4.69, 9.17) is 5.73 Å². The number of anilines is 1. The van der Waals surface area contributed by atoms with Gasteiger partial charge in [0, 0.05) is 51.2 Å². The zero-order valence-electron chi connectivity index (χ0n) is 15.1. The number of nitrogens with zero attached hydrogens (tertiary/aromatic N) is 5. The summed E-state index contributed by atoms with van der Waals surface area (Å²) in [6, 6.07) is 2.37. The summed E-state index contributed by atoms with van der Waals surface area (Å²) in [5.41, 5.74) is 6.06. The van der Waals surface area contributed by atoms with Crippen LogP contribution in [0.5, 0.6) is 0 Å². The minimum absolute atomic E-state index is 0.515. The van der Waals surface area contributed by atoms with Crippen LogP contribution in [0.3, 0.4) is 0 Å². The highest BCUT2D eigenvalue weighted by Crippen LogP contribution is 2.16. The van der Waals surface area contributed by atoms with Crippen molar-refractivity contribution in [2.75, 3.05) is 44.2 Å². The van der Waals surface area contributed by atoms with Crippen LogP contribution in [0.15, 0.2) is 23.5 Å². The van der Waals surface area contributed by atoms with E-state index in [2.05, 4.69) is 30.1 Å². The van der Waals surface area contributed by atoms with Gasteiger partial charge >= 0.3 is 0 Å². The average molecular weight is 345 g/mol. The lowest BCUT2D eigenvalue weighted by atomic mass is 10.1. The molecule has 0 bridgehead atoms. The molecule has 1 aromatic rings. The fraction of sp³-hybridized carbons (Fsp3) is 0.722. The summed E-state index contributed by atoms with van der Waals surface area (Å²) in [7, 11) is 0. The van der Waals surface area contributed by atoms with Crippen LogP contribution < -0.4 is 16.0 Å². The Morgan fingerprint density at radius 2 is 1.76 bits per heavy atom. The van der Waals surface area contributed by atoms with E-state index in [0.29, 0.717) is 12.0 Å². The van der Waals surface area contributed by atoms with E-state index in [9.17, 15) is 0 Å². The fourth-order valence-electron chi connectivity index (χ4n) is 3.62. The monoisotopic (exact) mass is 345 g/mol. The van der Waals surface area contributed by atoms with Crippen molar-refractivity contribution in [3.05, 3.63) is 18.5 Å². The second-order valence-corrected chi connectivity index (χ2v) is 6.98. The van der Waals surface area contributed by atoms with Crippen molar-refractivity contribution in [3.8, 4) is 0 Å². The SMILES string of the molecule is NC(=NCCN1CCN(c2ncccn2)CC1)NC1CCCCCC1. The standard InChI is InChI=1S/C18H31N7/c19-17(23-16-6-3-1-2-4-7-16)20-10-11-24-12-14-25(15-13-24)18-21-8-5-9-22-18/h5,8-9,16H,1-4,6-7,10-15H2,(H3,19,20,23). The minimum Gasteiger partial charge on any atom is -0.370 e. The summed E-state index contributed by atoms with van der Waals surface area (Å²) >= 11 is 0. The molecule has 0 aromatic carbocycles. The molecule has 1 saturated carbocycles. The maximum Gasteiger partial charge on any atom is 0.225 e. The molecule has 2 aliphatic rings. The van der Waals surface area contributed by atoms with E-state index in [0.717, 1.165) is 45.2 Å². The molecule has 25 heavy (non-hydrogen) atoms. The predicted octanol–water partition coefficient (Wildman–Crippen LogP) is 1.23. The lowest BCUT2D eigenvalue weighted by molar-refractivity contribution is 0.263. The van der Waals surface area contributed by atoms with Gasteiger partial charge < -0.3 is 16.0 Å². The lowest BCUT2D eigenvalue weighted by Gasteiger charge is -2.34. The Morgan fingerprint density at radius 1 is 1.08 bits per heavy atom. The number of nitrogens with two attached hydrogens (primary N) is 1. The maximum atomic E-state index is 6.06. The van der Waals surface area contributed by atoms with Crippen molar-refractivity contribution < 1.29 is 0 Å². The molecule has 3 rings (SSSR count). The van der Waals surface area contributed by atoms with Crippen LogP contribution in [-0.4, -0.2) is 66.1 Å². The van der Waals surface area contributed by atoms with E-state index in [1.54, 1.807) is 12.4 Å². The molecule has 0 amide bonds. The molecule has 2 fully saturated rings. The second kappa shape index (κ2) is 9.56. The third-order valence-corrected chi connectivity index (χ3v) is 5.11. The largest absolute Gasteiger partial charge is 0.370 e. The van der Waals surface area contributed by atoms with Gasteiger partial charge in [0.15, 0.2) is 5.96 Å². The Kier molecular flexibility index (Phi) is 6.85. The highest BCUT2D eigenvalue weighted by molar-refractivity contribution is 5.78. The third kappa shape index (κ3) is 5.85. The molecule has 7 heteroatoms. The molecule has 0 radical (unpaired) electrons. The van der Waals surface area contributed by atoms with Crippen LogP contribution in [0.1, 0.15) is 38.5 Å². The quantitative estimate of drug-likeness (QED) is 0.474. The number of nitrogens with one attached hydrogen (secondary N) is 1. The molecule has 138 valence electrons. The van der Waals surface area contributed by atoms with E-state index < -0.39 is 0 Å². The predicted molar refractivity (Wildman–Crippen MR) is 102 cm³/mol. The summed E-state index contributed by atoms with van der Waals surface area (Å²) in [6.45, 7) is 5.67. The van der Waals surface area contributed by atoms with Crippen LogP contribution in [-0.2, 0) is 0 Å². The van der Waals surface area contributed by atoms with Crippen LogP contribution in [0.4, 0.5) is 5.95 Å². The Bertz CT molecular complexity index is 517. The molecule has 3 N–H and O–H groups in total. The Hall–Kier alpha value is -1.89. The summed E-state index contributed by atoms with van der Waals surface area (Å²) in [6.07, 6.45) is 11.4. The van der Waals surface area contributed by atoms with Crippen molar-refractivity contribution in [2.45, 2.75) is 44.6 Å². The molecule has 1 saturated heterocycles. The summed E-state index contributed by atoms with van der Waals surface area (Å²) in [5.74, 6) is 1.44. The molecule has 0 unspecified atom stereocenters. The van der Waals surface area contributed by atoms with Gasteiger partial charge in [-0.2, -0.15) is 0 Å². The molecule has 7 nitrogen and oxygen atoms in total. The molecule has 1 aliphatic carbocycles. The highest BCUT2D eigenvalue weighted by Gasteiger charge is 2.18. The van der Waals surface area contributed by atoms with Crippen molar-refractivity contribution >= 4 is 11.9 Å². The summed E-state index contributed by atoms with van der Waals surface area (Å²) < 4.78 is 0. The van der Waals surface area contributed by atoms with Gasteiger partial charge in [0.25, 0.3) is 0 Å². The Labute approximate surface area is 150 Å². The van der Waals surface area contributed by atoms with E-state index in [1.165, 1.54) is 38.5 Å². The van der Waals surface area contributed by atoms with Crippen molar-refractivity contribution in [2.24, 2.45) is 10.7 Å². The zero-order valence-corrected chi connectivity index (χ0v) is 15.1. The summed E-state index contributed by atoms with van der Waals surface area (Å²) in [4.78, 5) is 17.8. The number of aliphatic imine (C=N–C) groups is 1. The smallest absolute Gasteiger partial charge is 0.225 e. The van der Waals surface area contributed by atoms with E-state index in [1.807, 2.05) is 6.07 Å². The first-order valence-corrected chi connectivity index (χ1v) is 9.62. The van der Waals surface area contributed by atoms with Gasteiger partial charge in [0.2, 0.25) is 5.95 Å². The normalized spacial score (nSPS) is 21.1. The molecule has 1 aromatic heterocycles. The van der Waals surface area contributed by atoms with Gasteiger partial charge in [0.05, 0.1) is 6.54 Å². The first-order valence-electron chi connectivity index (χ1n) is 9.62. The van der Waals surface area contributed by atoms with Crippen LogP contribution in [0, 0.1) is 0 Å². The van der Waals surface area contributed by atoms with Crippen molar-refractivity contribution in [1.82, 2.24) is 20.2 Å². The molecule has 0 atom stereocenters. The zero-order chi connectivity index (χ0) is 17.3. The average Bonchev–Trinajstić information content (AvgIpc) is 2.92. The second-order valence-electron chi connectivity index (χ2n) is 6.98. The number of piperazine rings is 1. The number of guanidine groups is 1. The van der Waals surface area contributed by atoms with Gasteiger partial charge in [0.1, 0.15) is 0 Å². The van der Waals surface area contributed by atoms with Gasteiger partial charge in [-0.1, -0.05) is 25.7 Å². The molecular formula is C18H31N7. The van der Waals surface area contributed by atoms with Crippen molar-refractivity contribution in [1.29, 1.82) is 0 Å². The van der Waals surface area contributed by atoms with E-state index >= 15 is 0 Å². The number of rotatable bonds is 5. The Morgan fingerprint density at radius 3 is 2.44 bits per heavy atom. The van der Waals surface area contributed by atoms with Gasteiger partial charge in [-0.15, -0.1) is 0 Å². The first kappa shape index (κ1) is 17.9. The van der Waals surface area contributed by atoms with Gasteiger partial charge in [-0.3, -0.25) is 9.89 Å². The van der Waals surface area contributed by atoms with Crippen molar-refractivity contribution in [3.63, 3.8) is 0 Å².